The predicted molar refractivity (Wildman–Crippen MR) is 105 cm³/mol. The average molecular weight is 446 g/mol. The third kappa shape index (κ3) is 4.46. The van der Waals surface area contributed by atoms with Crippen molar-refractivity contribution in [2.75, 3.05) is 6.61 Å². The standard InChI is InChI=1S/C18H14F2N2O5.C4H6O/c19-18(20)27-11-7-5-10(6-8-11)14(9-15(23)21-26)22-16(24)12-3-1-2-4-13(12)17(22)25;1-3-2-5-4(1)3/h1-8,14,18,26H,9H2,(H,21,23);3-4H,1-2H2. The van der Waals surface area contributed by atoms with Gasteiger partial charge in [-0.25, -0.2) is 5.48 Å². The first-order chi connectivity index (χ1) is 15.4. The highest BCUT2D eigenvalue weighted by Gasteiger charge is 2.47. The highest BCUT2D eigenvalue weighted by atomic mass is 19.3. The van der Waals surface area contributed by atoms with Crippen LogP contribution in [0.5, 0.6) is 5.75 Å². The number of rotatable bonds is 6. The van der Waals surface area contributed by atoms with Crippen molar-refractivity contribution in [2.24, 2.45) is 5.92 Å². The van der Waals surface area contributed by atoms with Gasteiger partial charge in [-0.3, -0.25) is 24.5 Å². The molecule has 1 aliphatic carbocycles. The minimum atomic E-state index is -3.00. The Morgan fingerprint density at radius 1 is 1.12 bits per heavy atom. The molecular weight excluding hydrogens is 426 g/mol. The van der Waals surface area contributed by atoms with Crippen LogP contribution in [0, 0.1) is 5.92 Å². The summed E-state index contributed by atoms with van der Waals surface area (Å²) in [4.78, 5) is 38.0. The molecule has 2 aliphatic heterocycles. The number of imide groups is 1. The molecule has 8 nitrogen and oxygen atoms in total. The molecule has 3 amide bonds. The monoisotopic (exact) mass is 446 g/mol. The highest BCUT2D eigenvalue weighted by molar-refractivity contribution is 6.21. The van der Waals surface area contributed by atoms with E-state index in [0.717, 1.165) is 23.5 Å². The summed E-state index contributed by atoms with van der Waals surface area (Å²) in [5.74, 6) is -1.08. The van der Waals surface area contributed by atoms with Crippen molar-refractivity contribution in [1.29, 1.82) is 0 Å². The summed E-state index contributed by atoms with van der Waals surface area (Å²) < 4.78 is 33.9. The van der Waals surface area contributed by atoms with E-state index >= 15 is 0 Å². The van der Waals surface area contributed by atoms with Crippen molar-refractivity contribution in [3.8, 4) is 5.75 Å². The summed E-state index contributed by atoms with van der Waals surface area (Å²) in [6.45, 7) is -1.94. The third-order valence-corrected chi connectivity index (χ3v) is 5.51. The normalized spacial score (nSPS) is 21.1. The number of nitrogens with one attached hydrogen (secondary N) is 1. The van der Waals surface area contributed by atoms with Gasteiger partial charge in [0.05, 0.1) is 36.3 Å². The largest absolute Gasteiger partial charge is 0.435 e. The topological polar surface area (TPSA) is 105 Å². The number of hydrogen-bond acceptors (Lipinski definition) is 6. The molecule has 2 heterocycles. The van der Waals surface area contributed by atoms with Crippen LogP contribution >= 0.6 is 0 Å². The molecular formula is C22H20F2N2O6. The summed E-state index contributed by atoms with van der Waals surface area (Å²) in [6.07, 6.45) is 1.69. The van der Waals surface area contributed by atoms with Crippen molar-refractivity contribution in [3.63, 3.8) is 0 Å². The molecule has 0 bridgehead atoms. The van der Waals surface area contributed by atoms with Crippen LogP contribution in [0.15, 0.2) is 48.5 Å². The predicted octanol–water partition coefficient (Wildman–Crippen LogP) is 2.93. The minimum Gasteiger partial charge on any atom is -0.435 e. The molecule has 1 saturated carbocycles. The molecule has 1 saturated heterocycles. The second-order valence-electron chi connectivity index (χ2n) is 7.60. The molecule has 2 aromatic carbocycles. The molecule has 0 aromatic heterocycles. The number of halogens is 2. The molecule has 2 N–H and O–H groups in total. The van der Waals surface area contributed by atoms with Crippen LogP contribution < -0.4 is 10.2 Å². The van der Waals surface area contributed by atoms with Crippen LogP contribution in [0.25, 0.3) is 0 Å². The van der Waals surface area contributed by atoms with Crippen LogP contribution in [0.2, 0.25) is 0 Å². The summed E-state index contributed by atoms with van der Waals surface area (Å²) in [5.41, 5.74) is 2.21. The summed E-state index contributed by atoms with van der Waals surface area (Å²) in [6, 6.07) is 10.4. The summed E-state index contributed by atoms with van der Waals surface area (Å²) in [7, 11) is 0. The van der Waals surface area contributed by atoms with Crippen LogP contribution in [0.1, 0.15) is 45.2 Å². The SMILES string of the molecule is C1OC2CC12.O=C(CC(c1ccc(OC(F)F)cc1)N1C(=O)c2ccccc2C1=O)NO. The number of ether oxygens (including phenoxy) is 2. The Balaban J connectivity index is 0.000000422. The van der Waals surface area contributed by atoms with Crippen LogP contribution in [0.3, 0.4) is 0 Å². The quantitative estimate of drug-likeness (QED) is 0.402. The third-order valence-electron chi connectivity index (χ3n) is 5.51. The first-order valence-corrected chi connectivity index (χ1v) is 9.95. The number of alkyl halides is 2. The lowest BCUT2D eigenvalue weighted by atomic mass is 10.0. The van der Waals surface area contributed by atoms with E-state index in [9.17, 15) is 23.2 Å². The molecule has 32 heavy (non-hydrogen) atoms. The molecule has 2 aromatic rings. The van der Waals surface area contributed by atoms with E-state index in [1.54, 1.807) is 12.1 Å². The summed E-state index contributed by atoms with van der Waals surface area (Å²) in [5, 5.41) is 8.83. The zero-order chi connectivity index (χ0) is 22.8. The van der Waals surface area contributed by atoms with Crippen LogP contribution in [-0.2, 0) is 9.53 Å². The van der Waals surface area contributed by atoms with Gasteiger partial charge in [0.25, 0.3) is 11.8 Å². The second kappa shape index (κ2) is 9.01. The minimum absolute atomic E-state index is 0.110. The lowest BCUT2D eigenvalue weighted by Gasteiger charge is -2.26. The van der Waals surface area contributed by atoms with Crippen molar-refractivity contribution in [1.82, 2.24) is 10.4 Å². The second-order valence-corrected chi connectivity index (χ2v) is 7.60. The maximum Gasteiger partial charge on any atom is 0.387 e. The molecule has 0 radical (unpaired) electrons. The van der Waals surface area contributed by atoms with Gasteiger partial charge in [0.2, 0.25) is 5.91 Å². The number of benzene rings is 2. The number of hydrogen-bond donors (Lipinski definition) is 2. The molecule has 2 fully saturated rings. The Morgan fingerprint density at radius 2 is 1.72 bits per heavy atom. The number of fused-ring (bicyclic) bond motifs is 2. The number of hydroxylamine groups is 1. The zero-order valence-corrected chi connectivity index (χ0v) is 16.7. The smallest absolute Gasteiger partial charge is 0.387 e. The van der Waals surface area contributed by atoms with E-state index in [1.807, 2.05) is 0 Å². The lowest BCUT2D eigenvalue weighted by molar-refractivity contribution is -0.130. The maximum absolute atomic E-state index is 12.7. The maximum atomic E-state index is 12.7. The molecule has 0 spiro atoms. The van der Waals surface area contributed by atoms with E-state index in [-0.39, 0.29) is 16.9 Å². The molecule has 3 unspecified atom stereocenters. The fourth-order valence-electron chi connectivity index (χ4n) is 3.67. The van der Waals surface area contributed by atoms with Gasteiger partial charge in [0.1, 0.15) is 5.75 Å². The highest BCUT2D eigenvalue weighted by Crippen LogP contribution is 2.42. The van der Waals surface area contributed by atoms with Crippen molar-refractivity contribution >= 4 is 17.7 Å². The van der Waals surface area contributed by atoms with E-state index in [2.05, 4.69) is 4.74 Å². The lowest BCUT2D eigenvalue weighted by Crippen LogP contribution is -2.37. The number of nitrogens with zero attached hydrogens (tertiary/aromatic N) is 1. The van der Waals surface area contributed by atoms with Gasteiger partial charge >= 0.3 is 6.61 Å². The van der Waals surface area contributed by atoms with Gasteiger partial charge in [0.15, 0.2) is 0 Å². The van der Waals surface area contributed by atoms with E-state index < -0.39 is 36.8 Å². The van der Waals surface area contributed by atoms with Crippen LogP contribution in [-0.4, -0.2) is 47.2 Å². The van der Waals surface area contributed by atoms with Gasteiger partial charge in [-0.05, 0) is 36.2 Å². The van der Waals surface area contributed by atoms with Gasteiger partial charge in [-0.15, -0.1) is 0 Å². The average Bonchev–Trinajstić information content (AvgIpc) is 3.28. The van der Waals surface area contributed by atoms with Gasteiger partial charge < -0.3 is 9.47 Å². The van der Waals surface area contributed by atoms with Gasteiger partial charge in [0, 0.05) is 5.92 Å². The van der Waals surface area contributed by atoms with Crippen molar-refractivity contribution < 1.29 is 37.8 Å². The number of carbonyl (C=O) groups excluding carboxylic acids is 3. The Morgan fingerprint density at radius 3 is 2.12 bits per heavy atom. The molecule has 10 heteroatoms. The fraction of sp³-hybridized carbons (Fsp3) is 0.318. The van der Waals surface area contributed by atoms with Gasteiger partial charge in [-0.1, -0.05) is 24.3 Å². The van der Waals surface area contributed by atoms with Gasteiger partial charge in [-0.2, -0.15) is 8.78 Å². The first-order valence-electron chi connectivity index (χ1n) is 9.95. The molecule has 3 aliphatic rings. The number of carbonyl (C=O) groups is 3. The number of amides is 3. The molecule has 3 atom stereocenters. The molecule has 5 rings (SSSR count). The van der Waals surface area contributed by atoms with Crippen LogP contribution in [0.4, 0.5) is 8.78 Å². The van der Waals surface area contributed by atoms with E-state index in [1.165, 1.54) is 48.3 Å². The zero-order valence-electron chi connectivity index (χ0n) is 16.7. The van der Waals surface area contributed by atoms with E-state index in [0.29, 0.717) is 5.56 Å². The van der Waals surface area contributed by atoms with Crippen molar-refractivity contribution in [3.05, 3.63) is 65.2 Å². The van der Waals surface area contributed by atoms with E-state index in [4.69, 9.17) is 9.94 Å². The Labute approximate surface area is 181 Å². The fourth-order valence-corrected chi connectivity index (χ4v) is 3.67. The summed E-state index contributed by atoms with van der Waals surface area (Å²) >= 11 is 0. The Kier molecular flexibility index (Phi) is 6.15. The molecule has 168 valence electrons. The first kappa shape index (κ1) is 21.8. The Hall–Kier alpha value is -3.37. The Bertz CT molecular complexity index is 982. The van der Waals surface area contributed by atoms with Crippen molar-refractivity contribution in [2.45, 2.75) is 31.6 Å².